The number of ether oxygens (including phenoxy) is 2. The van der Waals surface area contributed by atoms with Crippen LogP contribution < -0.4 is 5.32 Å². The third kappa shape index (κ3) is 9.31. The molecule has 0 fully saturated rings. The number of nitrogens with one attached hydrogen (secondary N) is 1. The Labute approximate surface area is 180 Å². The number of carbonyl (C=O) groups excluding carboxylic acids is 2. The van der Waals surface area contributed by atoms with Crippen molar-refractivity contribution in [1.29, 1.82) is 0 Å². The second-order valence-corrected chi connectivity index (χ2v) is 10.4. The molecule has 1 amide bonds. The second kappa shape index (κ2) is 14.2. The van der Waals surface area contributed by atoms with Crippen molar-refractivity contribution in [3.05, 3.63) is 35.9 Å². The largest absolute Gasteiger partial charge is 0.469 e. The topological polar surface area (TPSA) is 90.9 Å². The van der Waals surface area contributed by atoms with Crippen LogP contribution in [0.2, 0.25) is 0 Å². The average molecular weight is 442 g/mol. The zero-order valence-corrected chi connectivity index (χ0v) is 19.5. The fraction of sp³-hybridized carbons (Fsp3) is 0.636. The fourth-order valence-electron chi connectivity index (χ4n) is 3.18. The first kappa shape index (κ1) is 26.2. The van der Waals surface area contributed by atoms with Gasteiger partial charge in [0.1, 0.15) is 12.4 Å². The van der Waals surface area contributed by atoms with E-state index >= 15 is 0 Å². The number of esters is 1. The van der Waals surface area contributed by atoms with Crippen molar-refractivity contribution in [2.75, 3.05) is 20.4 Å². The smallest absolute Gasteiger partial charge is 0.408 e. The van der Waals surface area contributed by atoms with Crippen LogP contribution >= 0.6 is 7.37 Å². The van der Waals surface area contributed by atoms with Crippen LogP contribution in [0.15, 0.2) is 30.3 Å². The van der Waals surface area contributed by atoms with Gasteiger partial charge in [-0.2, -0.15) is 0 Å². The van der Waals surface area contributed by atoms with Gasteiger partial charge in [-0.05, 0) is 18.9 Å². The maximum Gasteiger partial charge on any atom is 0.408 e. The minimum atomic E-state index is -3.34. The van der Waals surface area contributed by atoms with E-state index in [-0.39, 0.29) is 12.8 Å². The second-order valence-electron chi connectivity index (χ2n) is 7.40. The molecular weight excluding hydrogens is 405 g/mol. The lowest BCUT2D eigenvalue weighted by Gasteiger charge is -2.27. The number of hydrogen-bond donors (Lipinski definition) is 1. The Morgan fingerprint density at radius 3 is 2.33 bits per heavy atom. The first-order valence-electron chi connectivity index (χ1n) is 10.6. The molecule has 7 nitrogen and oxygen atoms in total. The molecule has 0 heterocycles. The number of benzene rings is 1. The first-order valence-corrected chi connectivity index (χ1v) is 12.4. The molecule has 0 spiro atoms. The lowest BCUT2D eigenvalue weighted by Crippen LogP contribution is -2.35. The normalized spacial score (nSPS) is 14.9. The predicted octanol–water partition coefficient (Wildman–Crippen LogP) is 5.33. The fourth-order valence-corrected chi connectivity index (χ4v) is 5.21. The van der Waals surface area contributed by atoms with E-state index in [0.29, 0.717) is 6.42 Å². The van der Waals surface area contributed by atoms with Gasteiger partial charge in [-0.15, -0.1) is 0 Å². The van der Waals surface area contributed by atoms with Crippen LogP contribution in [0.3, 0.4) is 0 Å². The van der Waals surface area contributed by atoms with Gasteiger partial charge in [0.15, 0.2) is 0 Å². The molecule has 3 unspecified atom stereocenters. The quantitative estimate of drug-likeness (QED) is 0.238. The van der Waals surface area contributed by atoms with Gasteiger partial charge in [0.05, 0.1) is 13.0 Å². The average Bonchev–Trinajstić information content (AvgIpc) is 2.76. The van der Waals surface area contributed by atoms with Crippen LogP contribution in [-0.2, 0) is 30.0 Å². The summed E-state index contributed by atoms with van der Waals surface area (Å²) in [6.07, 6.45) is 5.19. The van der Waals surface area contributed by atoms with Crippen LogP contribution in [0, 0.1) is 5.92 Å². The number of unbranched alkanes of at least 4 members (excludes halogenated alkanes) is 4. The Bertz CT molecular complexity index is 681. The third-order valence-corrected chi connectivity index (χ3v) is 7.98. The van der Waals surface area contributed by atoms with Gasteiger partial charge in [0.25, 0.3) is 0 Å². The maximum atomic E-state index is 13.4. The predicted molar refractivity (Wildman–Crippen MR) is 118 cm³/mol. The van der Waals surface area contributed by atoms with Crippen molar-refractivity contribution in [3.63, 3.8) is 0 Å². The highest BCUT2D eigenvalue weighted by molar-refractivity contribution is 7.59. The standard InChI is InChI=1S/C22H36NO6P/c1-5-6-7-8-12-15-20(21(24)27-3)17-30(26,28-4)18(2)23-22(25)29-16-19-13-10-9-11-14-19/h9-11,13-14,18,20H,5-8,12,15-17H2,1-4H3,(H,23,25). The van der Waals surface area contributed by atoms with E-state index in [1.54, 1.807) is 6.92 Å². The Morgan fingerprint density at radius 2 is 1.73 bits per heavy atom. The van der Waals surface area contributed by atoms with Crippen molar-refractivity contribution in [1.82, 2.24) is 5.32 Å². The number of alkyl carbamates (subject to hydrolysis) is 1. The molecule has 1 aromatic rings. The summed E-state index contributed by atoms with van der Waals surface area (Å²) in [5, 5.41) is 2.59. The van der Waals surface area contributed by atoms with Crippen LogP contribution in [0.1, 0.15) is 57.9 Å². The molecule has 0 radical (unpaired) electrons. The first-order chi connectivity index (χ1) is 14.4. The van der Waals surface area contributed by atoms with E-state index in [4.69, 9.17) is 14.0 Å². The van der Waals surface area contributed by atoms with Gasteiger partial charge in [0, 0.05) is 13.3 Å². The molecule has 170 valence electrons. The molecule has 30 heavy (non-hydrogen) atoms. The molecule has 0 saturated carbocycles. The summed E-state index contributed by atoms with van der Waals surface area (Å²) in [4.78, 5) is 24.4. The number of methoxy groups -OCH3 is 1. The molecule has 0 aliphatic heterocycles. The summed E-state index contributed by atoms with van der Waals surface area (Å²) in [5.74, 6) is -1.73. The van der Waals surface area contributed by atoms with E-state index in [2.05, 4.69) is 12.2 Å². The molecule has 1 aromatic carbocycles. The van der Waals surface area contributed by atoms with Gasteiger partial charge in [-0.25, -0.2) is 4.79 Å². The van der Waals surface area contributed by atoms with Crippen LogP contribution in [0.25, 0.3) is 0 Å². The molecule has 1 N–H and O–H groups in total. The maximum absolute atomic E-state index is 13.4. The van der Waals surface area contributed by atoms with Crippen molar-refractivity contribution in [2.24, 2.45) is 5.92 Å². The van der Waals surface area contributed by atoms with E-state index in [1.165, 1.54) is 14.2 Å². The molecule has 0 aliphatic carbocycles. The third-order valence-electron chi connectivity index (χ3n) is 5.10. The van der Waals surface area contributed by atoms with E-state index in [0.717, 1.165) is 37.7 Å². The number of carbonyl (C=O) groups is 2. The minimum absolute atomic E-state index is 0.0179. The molecule has 0 aliphatic rings. The summed E-state index contributed by atoms with van der Waals surface area (Å²) in [6.45, 7) is 3.86. The molecule has 8 heteroatoms. The molecule has 0 bridgehead atoms. The minimum Gasteiger partial charge on any atom is -0.469 e. The number of rotatable bonds is 14. The molecule has 0 aromatic heterocycles. The van der Waals surface area contributed by atoms with E-state index in [1.807, 2.05) is 30.3 Å². The van der Waals surface area contributed by atoms with Gasteiger partial charge in [0.2, 0.25) is 7.37 Å². The van der Waals surface area contributed by atoms with Crippen molar-refractivity contribution >= 4 is 19.4 Å². The Hall–Kier alpha value is -1.85. The molecular formula is C22H36NO6P. The summed E-state index contributed by atoms with van der Waals surface area (Å²) in [6, 6.07) is 9.28. The Kier molecular flexibility index (Phi) is 12.4. The Balaban J connectivity index is 2.64. The van der Waals surface area contributed by atoms with Crippen molar-refractivity contribution < 1.29 is 28.2 Å². The van der Waals surface area contributed by atoms with Gasteiger partial charge in [-0.3, -0.25) is 9.36 Å². The van der Waals surface area contributed by atoms with Crippen LogP contribution in [0.5, 0.6) is 0 Å². The monoisotopic (exact) mass is 441 g/mol. The summed E-state index contributed by atoms with van der Waals surface area (Å²) < 4.78 is 28.8. The summed E-state index contributed by atoms with van der Waals surface area (Å²) in [5.41, 5.74) is 0.851. The van der Waals surface area contributed by atoms with Gasteiger partial charge in [-0.1, -0.05) is 69.4 Å². The van der Waals surface area contributed by atoms with E-state index < -0.39 is 31.1 Å². The van der Waals surface area contributed by atoms with E-state index in [9.17, 15) is 14.2 Å². The highest BCUT2D eigenvalue weighted by atomic mass is 31.2. The SMILES string of the molecule is CCCCCCCC(CP(=O)(OC)C(C)NC(=O)OCc1ccccc1)C(=O)OC. The van der Waals surface area contributed by atoms with Gasteiger partial charge >= 0.3 is 12.1 Å². The number of hydrogen-bond acceptors (Lipinski definition) is 6. The molecule has 1 rings (SSSR count). The van der Waals surface area contributed by atoms with Crippen LogP contribution in [-0.4, -0.2) is 38.2 Å². The molecule has 0 saturated heterocycles. The number of amides is 1. The summed E-state index contributed by atoms with van der Waals surface area (Å²) >= 11 is 0. The van der Waals surface area contributed by atoms with Crippen molar-refractivity contribution in [3.8, 4) is 0 Å². The highest BCUT2D eigenvalue weighted by Gasteiger charge is 2.37. The van der Waals surface area contributed by atoms with Gasteiger partial charge < -0.3 is 19.3 Å². The summed E-state index contributed by atoms with van der Waals surface area (Å²) in [7, 11) is -0.675. The zero-order valence-electron chi connectivity index (χ0n) is 18.6. The van der Waals surface area contributed by atoms with Crippen LogP contribution in [0.4, 0.5) is 4.79 Å². The lowest BCUT2D eigenvalue weighted by molar-refractivity contribution is -0.145. The van der Waals surface area contributed by atoms with Crippen molar-refractivity contribution in [2.45, 2.75) is 64.8 Å². The zero-order chi connectivity index (χ0) is 22.4. The molecule has 3 atom stereocenters. The highest BCUT2D eigenvalue weighted by Crippen LogP contribution is 2.52. The lowest BCUT2D eigenvalue weighted by atomic mass is 10.0. The Morgan fingerprint density at radius 1 is 1.07 bits per heavy atom.